The Hall–Kier alpha value is -1.53. The first-order chi connectivity index (χ1) is 8.99. The Morgan fingerprint density at radius 2 is 2.32 bits per heavy atom. The van der Waals surface area contributed by atoms with Gasteiger partial charge >= 0.3 is 0 Å². The van der Waals surface area contributed by atoms with Crippen LogP contribution in [0.15, 0.2) is 12.1 Å². The van der Waals surface area contributed by atoms with Crippen molar-refractivity contribution in [1.29, 1.82) is 0 Å². The zero-order valence-corrected chi connectivity index (χ0v) is 12.2. The molecule has 0 saturated heterocycles. The Morgan fingerprint density at radius 1 is 1.58 bits per heavy atom. The van der Waals surface area contributed by atoms with Gasteiger partial charge in [-0.15, -0.1) is 11.3 Å². The molecule has 0 aliphatic heterocycles. The molecule has 0 aromatic carbocycles. The molecule has 5 nitrogen and oxygen atoms in total. The number of amides is 1. The molecule has 0 radical (unpaired) electrons. The van der Waals surface area contributed by atoms with Gasteiger partial charge in [-0.25, -0.2) is 0 Å². The Balaban J connectivity index is 2.04. The Kier molecular flexibility index (Phi) is 4.11. The topological polar surface area (TPSA) is 83.8 Å². The van der Waals surface area contributed by atoms with Crippen molar-refractivity contribution < 1.29 is 4.79 Å². The first-order valence-electron chi connectivity index (χ1n) is 5.85. The molecule has 2 rings (SSSR count). The summed E-state index contributed by atoms with van der Waals surface area (Å²) in [6.07, 6.45) is 0. The van der Waals surface area contributed by atoms with Crippen LogP contribution in [0, 0.1) is 0 Å². The summed E-state index contributed by atoms with van der Waals surface area (Å²) in [6.45, 7) is 4.39. The summed E-state index contributed by atoms with van der Waals surface area (Å²) in [5.41, 5.74) is 7.34. The normalized spacial score (nSPS) is 10.9. The number of anilines is 1. The molecule has 102 valence electrons. The molecule has 0 aliphatic rings. The average Bonchev–Trinajstić information content (AvgIpc) is 2.92. The predicted molar refractivity (Wildman–Crippen MR) is 77.6 cm³/mol. The number of aromatic nitrogens is 2. The van der Waals surface area contributed by atoms with Gasteiger partial charge in [0.25, 0.3) is 5.91 Å². The molecule has 2 aromatic heterocycles. The Labute approximate surface area is 120 Å². The summed E-state index contributed by atoms with van der Waals surface area (Å²) in [6, 6.07) is 3.67. The first kappa shape index (κ1) is 13.9. The zero-order valence-electron chi connectivity index (χ0n) is 10.7. The summed E-state index contributed by atoms with van der Waals surface area (Å²) in [5, 5.41) is 9.54. The van der Waals surface area contributed by atoms with Gasteiger partial charge in [0, 0.05) is 4.88 Å². The molecule has 0 spiro atoms. The fourth-order valence-electron chi connectivity index (χ4n) is 1.68. The van der Waals surface area contributed by atoms with E-state index in [1.165, 1.54) is 11.3 Å². The molecule has 0 unspecified atom stereocenters. The highest BCUT2D eigenvalue weighted by Gasteiger charge is 2.18. The van der Waals surface area contributed by atoms with Crippen LogP contribution >= 0.6 is 22.9 Å². The number of nitrogen functional groups attached to an aromatic ring is 1. The SMILES string of the molecule is CC(C)c1[nH]nc(C(=O)NCc2ccc(Cl)s2)c1N. The van der Waals surface area contributed by atoms with E-state index in [4.69, 9.17) is 17.3 Å². The van der Waals surface area contributed by atoms with Crippen LogP contribution in [-0.2, 0) is 6.54 Å². The van der Waals surface area contributed by atoms with Crippen molar-refractivity contribution >= 4 is 34.5 Å². The predicted octanol–water partition coefficient (Wildman–Crippen LogP) is 2.76. The second-order valence-corrected chi connectivity index (χ2v) is 6.24. The fraction of sp³-hybridized carbons (Fsp3) is 0.333. The monoisotopic (exact) mass is 298 g/mol. The van der Waals surface area contributed by atoms with E-state index < -0.39 is 0 Å². The molecule has 0 bridgehead atoms. The Morgan fingerprint density at radius 3 is 2.84 bits per heavy atom. The van der Waals surface area contributed by atoms with E-state index in [-0.39, 0.29) is 17.5 Å². The molecule has 0 saturated carbocycles. The summed E-state index contributed by atoms with van der Waals surface area (Å²) < 4.78 is 0.700. The molecule has 4 N–H and O–H groups in total. The van der Waals surface area contributed by atoms with Crippen LogP contribution in [0.3, 0.4) is 0 Å². The molecule has 2 aromatic rings. The number of hydrogen-bond acceptors (Lipinski definition) is 4. The standard InChI is InChI=1S/C12H15ClN4OS/c1-6(2)10-9(14)11(17-16-10)12(18)15-5-7-3-4-8(13)19-7/h3-4,6H,5,14H2,1-2H3,(H,15,18)(H,16,17). The van der Waals surface area contributed by atoms with Crippen LogP contribution in [0.2, 0.25) is 4.34 Å². The van der Waals surface area contributed by atoms with Gasteiger partial charge in [0.2, 0.25) is 0 Å². The van der Waals surface area contributed by atoms with Crippen LogP contribution in [0.5, 0.6) is 0 Å². The third kappa shape index (κ3) is 3.08. The number of aromatic amines is 1. The van der Waals surface area contributed by atoms with E-state index in [1.54, 1.807) is 6.07 Å². The lowest BCUT2D eigenvalue weighted by Crippen LogP contribution is -2.23. The lowest BCUT2D eigenvalue weighted by atomic mass is 10.1. The van der Waals surface area contributed by atoms with E-state index in [0.29, 0.717) is 16.6 Å². The van der Waals surface area contributed by atoms with Crippen LogP contribution in [0.25, 0.3) is 0 Å². The number of rotatable bonds is 4. The molecule has 1 amide bonds. The largest absolute Gasteiger partial charge is 0.395 e. The number of carbonyl (C=O) groups is 1. The maximum atomic E-state index is 12.0. The summed E-state index contributed by atoms with van der Waals surface area (Å²) >= 11 is 7.26. The summed E-state index contributed by atoms with van der Waals surface area (Å²) in [5.74, 6) is -0.0877. The van der Waals surface area contributed by atoms with Crippen molar-refractivity contribution in [2.75, 3.05) is 5.73 Å². The number of nitrogens with one attached hydrogen (secondary N) is 2. The van der Waals surface area contributed by atoms with Crippen LogP contribution < -0.4 is 11.1 Å². The minimum absolute atomic E-state index is 0.199. The van der Waals surface area contributed by atoms with E-state index in [9.17, 15) is 4.79 Å². The molecule has 19 heavy (non-hydrogen) atoms. The third-order valence-electron chi connectivity index (χ3n) is 2.68. The van der Waals surface area contributed by atoms with Gasteiger partial charge in [-0.2, -0.15) is 5.10 Å². The van der Waals surface area contributed by atoms with Gasteiger partial charge in [0.05, 0.1) is 22.3 Å². The second kappa shape index (κ2) is 5.63. The summed E-state index contributed by atoms with van der Waals surface area (Å²) in [4.78, 5) is 13.0. The lowest BCUT2D eigenvalue weighted by Gasteiger charge is -2.04. The maximum absolute atomic E-state index is 12.0. The fourth-order valence-corrected chi connectivity index (χ4v) is 2.70. The van der Waals surface area contributed by atoms with Crippen LogP contribution in [0.1, 0.15) is 40.8 Å². The Bertz CT molecular complexity index is 590. The van der Waals surface area contributed by atoms with Crippen LogP contribution in [0.4, 0.5) is 5.69 Å². The van der Waals surface area contributed by atoms with Gasteiger partial charge in [-0.05, 0) is 18.1 Å². The van der Waals surface area contributed by atoms with Crippen molar-refractivity contribution in [2.24, 2.45) is 0 Å². The molecule has 7 heteroatoms. The highest BCUT2D eigenvalue weighted by atomic mass is 35.5. The molecule has 0 aliphatic carbocycles. The van der Waals surface area contributed by atoms with Crippen molar-refractivity contribution in [1.82, 2.24) is 15.5 Å². The molecule has 2 heterocycles. The highest BCUT2D eigenvalue weighted by Crippen LogP contribution is 2.23. The van der Waals surface area contributed by atoms with Gasteiger partial charge in [0.1, 0.15) is 0 Å². The minimum Gasteiger partial charge on any atom is -0.395 e. The van der Waals surface area contributed by atoms with E-state index >= 15 is 0 Å². The second-order valence-electron chi connectivity index (χ2n) is 4.44. The van der Waals surface area contributed by atoms with Crippen molar-refractivity contribution in [3.8, 4) is 0 Å². The number of thiophene rings is 1. The average molecular weight is 299 g/mol. The molecule has 0 atom stereocenters. The maximum Gasteiger partial charge on any atom is 0.274 e. The minimum atomic E-state index is -0.287. The quantitative estimate of drug-likeness (QED) is 0.811. The summed E-state index contributed by atoms with van der Waals surface area (Å²) in [7, 11) is 0. The number of hydrogen-bond donors (Lipinski definition) is 3. The first-order valence-corrected chi connectivity index (χ1v) is 7.04. The van der Waals surface area contributed by atoms with Gasteiger partial charge in [0.15, 0.2) is 5.69 Å². The highest BCUT2D eigenvalue weighted by molar-refractivity contribution is 7.16. The number of nitrogens with zero attached hydrogens (tertiary/aromatic N) is 1. The van der Waals surface area contributed by atoms with E-state index in [1.807, 2.05) is 19.9 Å². The van der Waals surface area contributed by atoms with Crippen LogP contribution in [-0.4, -0.2) is 16.1 Å². The van der Waals surface area contributed by atoms with Gasteiger partial charge in [-0.1, -0.05) is 25.4 Å². The number of H-pyrrole nitrogens is 1. The van der Waals surface area contributed by atoms with Crippen molar-refractivity contribution in [3.63, 3.8) is 0 Å². The van der Waals surface area contributed by atoms with Crippen molar-refractivity contribution in [2.45, 2.75) is 26.3 Å². The van der Waals surface area contributed by atoms with Gasteiger partial charge in [-0.3, -0.25) is 9.89 Å². The smallest absolute Gasteiger partial charge is 0.274 e. The molecular formula is C12H15ClN4OS. The zero-order chi connectivity index (χ0) is 14.0. The lowest BCUT2D eigenvalue weighted by molar-refractivity contribution is 0.0947. The van der Waals surface area contributed by atoms with Crippen molar-refractivity contribution in [3.05, 3.63) is 32.7 Å². The number of nitrogens with two attached hydrogens (primary N) is 1. The van der Waals surface area contributed by atoms with Gasteiger partial charge < -0.3 is 11.1 Å². The third-order valence-corrected chi connectivity index (χ3v) is 3.91. The number of halogens is 1. The molecule has 0 fully saturated rings. The molecular weight excluding hydrogens is 284 g/mol. The van der Waals surface area contributed by atoms with E-state index in [0.717, 1.165) is 10.6 Å². The number of carbonyl (C=O) groups excluding carboxylic acids is 1. The van der Waals surface area contributed by atoms with E-state index in [2.05, 4.69) is 15.5 Å².